The molecule has 1 N–H and O–H groups in total. The van der Waals surface area contributed by atoms with Gasteiger partial charge in [0.05, 0.1) is 18.7 Å². The molecule has 1 aliphatic rings. The summed E-state index contributed by atoms with van der Waals surface area (Å²) >= 11 is 0. The molecule has 0 saturated carbocycles. The van der Waals surface area contributed by atoms with Gasteiger partial charge in [-0.2, -0.15) is 0 Å². The monoisotopic (exact) mass is 272 g/mol. The van der Waals surface area contributed by atoms with Gasteiger partial charge in [0.25, 0.3) is 0 Å². The fourth-order valence-electron chi connectivity index (χ4n) is 2.77. The smallest absolute Gasteiger partial charge is 0.132 e. The summed E-state index contributed by atoms with van der Waals surface area (Å²) in [6.45, 7) is 3.83. The molecular formula is C16H20N2O2. The summed E-state index contributed by atoms with van der Waals surface area (Å²) in [6, 6.07) is 8.11. The molecule has 1 saturated heterocycles. The highest BCUT2D eigenvalue weighted by molar-refractivity contribution is 5.83. The quantitative estimate of drug-likeness (QED) is 0.912. The number of hydrogen-bond donors (Lipinski definition) is 1. The molecule has 20 heavy (non-hydrogen) atoms. The largest absolute Gasteiger partial charge is 0.497 e. The van der Waals surface area contributed by atoms with Crippen molar-refractivity contribution in [1.29, 1.82) is 0 Å². The highest BCUT2D eigenvalue weighted by Gasteiger charge is 2.19. The molecule has 106 valence electrons. The van der Waals surface area contributed by atoms with Gasteiger partial charge in [0, 0.05) is 18.5 Å². The van der Waals surface area contributed by atoms with Gasteiger partial charge in [-0.05, 0) is 49.6 Å². The number of benzene rings is 1. The highest BCUT2D eigenvalue weighted by Crippen LogP contribution is 2.27. The zero-order chi connectivity index (χ0) is 14.1. The maximum absolute atomic E-state index is 9.61. The molecule has 1 aromatic heterocycles. The SMILES string of the molecule is COc1ccc2nc(N3CCC(O)CC3)c(C)cc2c1. The Bertz CT molecular complexity index is 619. The summed E-state index contributed by atoms with van der Waals surface area (Å²) in [5, 5.41) is 10.7. The number of fused-ring (bicyclic) bond motifs is 1. The van der Waals surface area contributed by atoms with Crippen LogP contribution in [-0.2, 0) is 0 Å². The average Bonchev–Trinajstić information content (AvgIpc) is 2.47. The molecule has 4 heteroatoms. The molecule has 1 fully saturated rings. The number of nitrogens with zero attached hydrogens (tertiary/aromatic N) is 2. The van der Waals surface area contributed by atoms with Crippen LogP contribution in [0, 0.1) is 6.92 Å². The molecule has 0 bridgehead atoms. The predicted molar refractivity (Wildman–Crippen MR) is 80.5 cm³/mol. The molecular weight excluding hydrogens is 252 g/mol. The first-order valence-corrected chi connectivity index (χ1v) is 7.06. The number of aliphatic hydroxyl groups excluding tert-OH is 1. The lowest BCUT2D eigenvalue weighted by Crippen LogP contribution is -2.36. The zero-order valence-corrected chi connectivity index (χ0v) is 12.0. The average molecular weight is 272 g/mol. The Morgan fingerprint density at radius 3 is 2.70 bits per heavy atom. The third kappa shape index (κ3) is 2.43. The Labute approximate surface area is 119 Å². The van der Waals surface area contributed by atoms with Crippen molar-refractivity contribution in [3.05, 3.63) is 29.8 Å². The minimum Gasteiger partial charge on any atom is -0.497 e. The molecule has 4 nitrogen and oxygen atoms in total. The minimum atomic E-state index is -0.156. The highest BCUT2D eigenvalue weighted by atomic mass is 16.5. The van der Waals surface area contributed by atoms with Crippen molar-refractivity contribution in [3.63, 3.8) is 0 Å². The van der Waals surface area contributed by atoms with Crippen molar-refractivity contribution in [3.8, 4) is 5.75 Å². The van der Waals surface area contributed by atoms with Gasteiger partial charge in [0.15, 0.2) is 0 Å². The van der Waals surface area contributed by atoms with Crippen LogP contribution in [0.2, 0.25) is 0 Å². The Morgan fingerprint density at radius 2 is 2.00 bits per heavy atom. The van der Waals surface area contributed by atoms with Crippen LogP contribution < -0.4 is 9.64 Å². The zero-order valence-electron chi connectivity index (χ0n) is 12.0. The maximum Gasteiger partial charge on any atom is 0.132 e. The van der Waals surface area contributed by atoms with E-state index in [1.165, 1.54) is 5.56 Å². The van der Waals surface area contributed by atoms with Crippen LogP contribution >= 0.6 is 0 Å². The van der Waals surface area contributed by atoms with E-state index in [1.807, 2.05) is 18.2 Å². The van der Waals surface area contributed by atoms with Crippen LogP contribution in [0.4, 0.5) is 5.82 Å². The van der Waals surface area contributed by atoms with Crippen LogP contribution in [0.5, 0.6) is 5.75 Å². The minimum absolute atomic E-state index is 0.156. The van der Waals surface area contributed by atoms with Crippen molar-refractivity contribution in [1.82, 2.24) is 4.98 Å². The Kier molecular flexibility index (Phi) is 3.49. The molecule has 0 radical (unpaired) electrons. The second kappa shape index (κ2) is 5.29. The third-order valence-corrected chi connectivity index (χ3v) is 3.95. The standard InChI is InChI=1S/C16H20N2O2/c1-11-9-12-10-14(20-2)3-4-15(12)17-16(11)18-7-5-13(19)6-8-18/h3-4,9-10,13,19H,5-8H2,1-2H3. The van der Waals surface area contributed by atoms with E-state index in [4.69, 9.17) is 9.72 Å². The van der Waals surface area contributed by atoms with E-state index in [9.17, 15) is 5.11 Å². The summed E-state index contributed by atoms with van der Waals surface area (Å²) in [5.74, 6) is 1.89. The number of ether oxygens (including phenoxy) is 1. The molecule has 0 spiro atoms. The van der Waals surface area contributed by atoms with Crippen molar-refractivity contribution >= 4 is 16.7 Å². The van der Waals surface area contributed by atoms with Crippen LogP contribution in [0.15, 0.2) is 24.3 Å². The molecule has 2 heterocycles. The second-order valence-electron chi connectivity index (χ2n) is 5.41. The molecule has 0 atom stereocenters. The molecule has 3 rings (SSSR count). The first-order valence-electron chi connectivity index (χ1n) is 7.06. The number of aryl methyl sites for hydroxylation is 1. The van der Waals surface area contributed by atoms with Crippen LogP contribution in [0.25, 0.3) is 10.9 Å². The van der Waals surface area contributed by atoms with Crippen LogP contribution in [0.1, 0.15) is 18.4 Å². The number of piperidine rings is 1. The predicted octanol–water partition coefficient (Wildman–Crippen LogP) is 2.51. The van der Waals surface area contributed by atoms with Gasteiger partial charge in [-0.3, -0.25) is 0 Å². The lowest BCUT2D eigenvalue weighted by atomic mass is 10.1. The lowest BCUT2D eigenvalue weighted by molar-refractivity contribution is 0.145. The van der Waals surface area contributed by atoms with Gasteiger partial charge in [-0.15, -0.1) is 0 Å². The molecule has 2 aromatic rings. The first-order chi connectivity index (χ1) is 9.67. The van der Waals surface area contributed by atoms with Crippen molar-refractivity contribution < 1.29 is 9.84 Å². The number of aliphatic hydroxyl groups is 1. The van der Waals surface area contributed by atoms with Gasteiger partial charge in [0.2, 0.25) is 0 Å². The number of aromatic nitrogens is 1. The number of methoxy groups -OCH3 is 1. The summed E-state index contributed by atoms with van der Waals surface area (Å²) in [5.41, 5.74) is 2.15. The van der Waals surface area contributed by atoms with Crippen LogP contribution in [-0.4, -0.2) is 36.4 Å². The van der Waals surface area contributed by atoms with E-state index in [0.717, 1.165) is 48.4 Å². The van der Waals surface area contributed by atoms with Gasteiger partial charge in [0.1, 0.15) is 11.6 Å². The maximum atomic E-state index is 9.61. The summed E-state index contributed by atoms with van der Waals surface area (Å²) < 4.78 is 5.25. The summed E-state index contributed by atoms with van der Waals surface area (Å²) in [6.07, 6.45) is 1.49. The normalized spacial score (nSPS) is 16.6. The molecule has 0 aliphatic carbocycles. The fourth-order valence-corrected chi connectivity index (χ4v) is 2.77. The lowest BCUT2D eigenvalue weighted by Gasteiger charge is -2.31. The first kappa shape index (κ1) is 13.2. The van der Waals surface area contributed by atoms with E-state index in [1.54, 1.807) is 7.11 Å². The van der Waals surface area contributed by atoms with Crippen molar-refractivity contribution in [2.24, 2.45) is 0 Å². The van der Waals surface area contributed by atoms with Gasteiger partial charge < -0.3 is 14.7 Å². The Hall–Kier alpha value is -1.81. The van der Waals surface area contributed by atoms with E-state index in [2.05, 4.69) is 17.9 Å². The van der Waals surface area contributed by atoms with E-state index in [0.29, 0.717) is 0 Å². The van der Waals surface area contributed by atoms with Gasteiger partial charge >= 0.3 is 0 Å². The van der Waals surface area contributed by atoms with E-state index < -0.39 is 0 Å². The van der Waals surface area contributed by atoms with Crippen molar-refractivity contribution in [2.75, 3.05) is 25.1 Å². The number of rotatable bonds is 2. The van der Waals surface area contributed by atoms with E-state index >= 15 is 0 Å². The number of pyridine rings is 1. The van der Waals surface area contributed by atoms with Gasteiger partial charge in [-0.1, -0.05) is 0 Å². The molecule has 0 amide bonds. The topological polar surface area (TPSA) is 45.6 Å². The van der Waals surface area contributed by atoms with Crippen LogP contribution in [0.3, 0.4) is 0 Å². The number of hydrogen-bond acceptors (Lipinski definition) is 4. The third-order valence-electron chi connectivity index (χ3n) is 3.95. The molecule has 1 aliphatic heterocycles. The Balaban J connectivity index is 1.97. The van der Waals surface area contributed by atoms with Crippen molar-refractivity contribution in [2.45, 2.75) is 25.9 Å². The summed E-state index contributed by atoms with van der Waals surface area (Å²) in [4.78, 5) is 7.06. The fraction of sp³-hybridized carbons (Fsp3) is 0.438. The van der Waals surface area contributed by atoms with E-state index in [-0.39, 0.29) is 6.10 Å². The molecule has 0 unspecified atom stereocenters. The molecule has 1 aromatic carbocycles. The number of anilines is 1. The summed E-state index contributed by atoms with van der Waals surface area (Å²) in [7, 11) is 1.68. The second-order valence-corrected chi connectivity index (χ2v) is 5.41. The Morgan fingerprint density at radius 1 is 1.25 bits per heavy atom. The van der Waals surface area contributed by atoms with Gasteiger partial charge in [-0.25, -0.2) is 4.98 Å².